The molecule has 150 valence electrons. The van der Waals surface area contributed by atoms with Crippen LogP contribution in [0, 0.1) is 46.8 Å². The third-order valence-electron chi connectivity index (χ3n) is 7.99. The molecule has 0 saturated heterocycles. The van der Waals surface area contributed by atoms with Crippen molar-refractivity contribution in [3.05, 3.63) is 35.9 Å². The molecule has 4 aliphatic carbocycles. The van der Waals surface area contributed by atoms with Crippen molar-refractivity contribution in [1.82, 2.24) is 0 Å². The summed E-state index contributed by atoms with van der Waals surface area (Å²) in [6.07, 6.45) is 6.72. The van der Waals surface area contributed by atoms with Crippen LogP contribution in [-0.4, -0.2) is 18.5 Å². The van der Waals surface area contributed by atoms with Crippen LogP contribution in [0.3, 0.4) is 0 Å². The van der Waals surface area contributed by atoms with E-state index in [1.165, 1.54) is 19.3 Å². The molecule has 5 rings (SSSR count). The Hall–Kier alpha value is -1.59. The van der Waals surface area contributed by atoms with Gasteiger partial charge in [0.2, 0.25) is 0 Å². The predicted molar refractivity (Wildman–Crippen MR) is 113 cm³/mol. The van der Waals surface area contributed by atoms with Crippen LogP contribution in [0.15, 0.2) is 30.3 Å². The van der Waals surface area contributed by atoms with Gasteiger partial charge in [0.1, 0.15) is 11.9 Å². The molecular weight excluding hydrogens is 344 g/mol. The Morgan fingerprint density at radius 1 is 1.14 bits per heavy atom. The maximum atomic E-state index is 12.9. The summed E-state index contributed by atoms with van der Waals surface area (Å²) in [4.78, 5) is 12.9. The van der Waals surface area contributed by atoms with E-state index >= 15 is 0 Å². The van der Waals surface area contributed by atoms with Crippen LogP contribution in [-0.2, 0) is 9.53 Å². The third-order valence-corrected chi connectivity index (χ3v) is 7.99. The molecule has 1 aromatic carbocycles. The lowest BCUT2D eigenvalue weighted by Gasteiger charge is -2.60. The molecule has 4 fully saturated rings. The summed E-state index contributed by atoms with van der Waals surface area (Å²) < 4.78 is 6.46. The molecule has 4 saturated carbocycles. The second-order valence-electron chi connectivity index (χ2n) is 9.93. The topological polar surface area (TPSA) is 26.3 Å². The van der Waals surface area contributed by atoms with Crippen LogP contribution in [0.25, 0.3) is 0 Å². The maximum absolute atomic E-state index is 12.9. The minimum Gasteiger partial charge on any atom is -0.364 e. The molecule has 2 bridgehead atoms. The molecule has 0 spiro atoms. The van der Waals surface area contributed by atoms with Gasteiger partial charge >= 0.3 is 0 Å². The predicted octanol–water partition coefficient (Wildman–Crippen LogP) is 5.50. The summed E-state index contributed by atoms with van der Waals surface area (Å²) in [5.74, 6) is 9.36. The molecule has 6 atom stereocenters. The first-order chi connectivity index (χ1) is 13.5. The summed E-state index contributed by atoms with van der Waals surface area (Å²) in [7, 11) is 0. The fraction of sp³-hybridized carbons (Fsp3) is 0.654. The van der Waals surface area contributed by atoms with Gasteiger partial charge in [0.25, 0.3) is 0 Å². The molecular formula is C26H34O2. The maximum Gasteiger partial charge on any atom is 0.142 e. The number of benzene rings is 1. The number of hydrogen-bond donors (Lipinski definition) is 0. The van der Waals surface area contributed by atoms with Gasteiger partial charge in [-0.25, -0.2) is 0 Å². The normalized spacial score (nSPS) is 34.7. The average molecular weight is 379 g/mol. The second kappa shape index (κ2) is 8.03. The standard InChI is InChI=1S/C26H34O2/c1-18-8-7-11-22(25(18)27)24(15-12-19-9-5-4-6-10-19)28-17-20-13-14-21-16-23(20)26(21,2)3/h4-6,9-10,18,20-24H,7-8,11,13-14,16-17H2,1-3H3/t18?,20-,21+,22-,23+,24-/m0/s1. The lowest BCUT2D eigenvalue weighted by molar-refractivity contribution is -0.141. The Balaban J connectivity index is 1.48. The number of carbonyl (C=O) groups excluding carboxylic acids is 1. The molecule has 0 aromatic heterocycles. The Morgan fingerprint density at radius 3 is 2.64 bits per heavy atom. The van der Waals surface area contributed by atoms with Crippen LogP contribution in [0.4, 0.5) is 0 Å². The molecule has 2 nitrogen and oxygen atoms in total. The van der Waals surface area contributed by atoms with E-state index in [1.807, 2.05) is 30.3 Å². The molecule has 0 amide bonds. The number of ketones is 1. The van der Waals surface area contributed by atoms with Gasteiger partial charge in [0.15, 0.2) is 0 Å². The van der Waals surface area contributed by atoms with Crippen molar-refractivity contribution in [2.24, 2.45) is 35.0 Å². The van der Waals surface area contributed by atoms with Gasteiger partial charge in [0.05, 0.1) is 12.5 Å². The number of fused-ring (bicyclic) bond motifs is 2. The van der Waals surface area contributed by atoms with Gasteiger partial charge in [-0.2, -0.15) is 0 Å². The summed E-state index contributed by atoms with van der Waals surface area (Å²) in [6.45, 7) is 7.68. The molecule has 0 aliphatic heterocycles. The van der Waals surface area contributed by atoms with Gasteiger partial charge in [0, 0.05) is 11.5 Å². The Bertz CT molecular complexity index is 752. The second-order valence-corrected chi connectivity index (χ2v) is 9.93. The van der Waals surface area contributed by atoms with Crippen LogP contribution < -0.4 is 0 Å². The lowest BCUT2D eigenvalue weighted by Crippen LogP contribution is -2.53. The van der Waals surface area contributed by atoms with Crippen LogP contribution >= 0.6 is 0 Å². The molecule has 28 heavy (non-hydrogen) atoms. The van der Waals surface area contributed by atoms with E-state index in [4.69, 9.17) is 4.74 Å². The van der Waals surface area contributed by atoms with E-state index < -0.39 is 0 Å². The van der Waals surface area contributed by atoms with Crippen molar-refractivity contribution in [3.63, 3.8) is 0 Å². The van der Waals surface area contributed by atoms with E-state index in [-0.39, 0.29) is 17.9 Å². The Kier molecular flexibility index (Phi) is 5.66. The van der Waals surface area contributed by atoms with Gasteiger partial charge in [-0.05, 0) is 67.4 Å². The van der Waals surface area contributed by atoms with Crippen LogP contribution in [0.5, 0.6) is 0 Å². The van der Waals surface area contributed by atoms with Crippen LogP contribution in [0.2, 0.25) is 0 Å². The third kappa shape index (κ3) is 3.79. The minimum absolute atomic E-state index is 0.0642. The quantitative estimate of drug-likeness (QED) is 0.647. The van der Waals surface area contributed by atoms with Crippen molar-refractivity contribution in [2.45, 2.75) is 65.4 Å². The highest BCUT2D eigenvalue weighted by atomic mass is 16.5. The molecule has 0 N–H and O–H groups in total. The van der Waals surface area contributed by atoms with E-state index in [0.29, 0.717) is 17.1 Å². The molecule has 2 heteroatoms. The Labute approximate surface area is 170 Å². The van der Waals surface area contributed by atoms with Crippen molar-refractivity contribution in [1.29, 1.82) is 0 Å². The largest absolute Gasteiger partial charge is 0.364 e. The van der Waals surface area contributed by atoms with Crippen molar-refractivity contribution < 1.29 is 9.53 Å². The monoisotopic (exact) mass is 378 g/mol. The van der Waals surface area contributed by atoms with E-state index in [9.17, 15) is 4.79 Å². The van der Waals surface area contributed by atoms with Gasteiger partial charge in [-0.3, -0.25) is 4.79 Å². The summed E-state index contributed by atoms with van der Waals surface area (Å²) in [5, 5.41) is 0. The highest BCUT2D eigenvalue weighted by Gasteiger charge is 2.54. The fourth-order valence-corrected chi connectivity index (χ4v) is 5.92. The first-order valence-corrected chi connectivity index (χ1v) is 11.2. The summed E-state index contributed by atoms with van der Waals surface area (Å²) in [5.41, 5.74) is 1.46. The fourth-order valence-electron chi connectivity index (χ4n) is 5.92. The zero-order chi connectivity index (χ0) is 19.7. The zero-order valence-corrected chi connectivity index (χ0v) is 17.6. The van der Waals surface area contributed by atoms with E-state index in [1.54, 1.807) is 0 Å². The highest BCUT2D eigenvalue weighted by Crippen LogP contribution is 2.61. The number of carbonyl (C=O) groups is 1. The SMILES string of the molecule is CC1CCC[C@@H]([C@H](C#Cc2ccccc2)OC[C@@H]2CC[C@@H]3C[C@H]2C3(C)C)C1=O. The number of rotatable bonds is 4. The van der Waals surface area contributed by atoms with Crippen LogP contribution in [0.1, 0.15) is 64.9 Å². The van der Waals surface area contributed by atoms with Gasteiger partial charge in [-0.1, -0.05) is 57.2 Å². The minimum atomic E-state index is -0.267. The molecule has 4 aliphatic rings. The van der Waals surface area contributed by atoms with Gasteiger partial charge < -0.3 is 4.74 Å². The van der Waals surface area contributed by atoms with Crippen molar-refractivity contribution >= 4 is 5.78 Å². The van der Waals surface area contributed by atoms with Crippen molar-refractivity contribution in [3.8, 4) is 11.8 Å². The Morgan fingerprint density at radius 2 is 1.93 bits per heavy atom. The first kappa shape index (κ1) is 19.7. The van der Waals surface area contributed by atoms with E-state index in [2.05, 4.69) is 32.6 Å². The number of hydrogen-bond acceptors (Lipinski definition) is 2. The first-order valence-electron chi connectivity index (χ1n) is 11.2. The summed E-state index contributed by atoms with van der Waals surface area (Å²) in [6, 6.07) is 10.1. The van der Waals surface area contributed by atoms with Gasteiger partial charge in [-0.15, -0.1) is 0 Å². The average Bonchev–Trinajstić information content (AvgIpc) is 2.71. The smallest absolute Gasteiger partial charge is 0.142 e. The van der Waals surface area contributed by atoms with Crippen molar-refractivity contribution in [2.75, 3.05) is 6.61 Å². The number of ether oxygens (including phenoxy) is 1. The zero-order valence-electron chi connectivity index (χ0n) is 17.6. The number of Topliss-reactive ketones (excluding diaryl/α,β-unsaturated/α-hetero) is 1. The molecule has 0 heterocycles. The lowest BCUT2D eigenvalue weighted by atomic mass is 9.46. The van der Waals surface area contributed by atoms with E-state index in [0.717, 1.165) is 43.3 Å². The molecule has 1 unspecified atom stereocenters. The molecule has 0 radical (unpaired) electrons. The highest BCUT2D eigenvalue weighted by molar-refractivity contribution is 5.84. The molecule has 1 aromatic rings. The summed E-state index contributed by atoms with van der Waals surface area (Å²) >= 11 is 0.